The Kier molecular flexibility index (Phi) is 4.39. The van der Waals surface area contributed by atoms with Crippen molar-refractivity contribution in [3.63, 3.8) is 0 Å². The third kappa shape index (κ3) is 3.05. The Balaban J connectivity index is 2.41. The number of aryl methyl sites for hydroxylation is 1. The van der Waals surface area contributed by atoms with Gasteiger partial charge in [-0.25, -0.2) is 0 Å². The molecule has 0 spiro atoms. The third-order valence-corrected chi connectivity index (χ3v) is 3.70. The summed E-state index contributed by atoms with van der Waals surface area (Å²) in [6, 6.07) is 5.27. The van der Waals surface area contributed by atoms with E-state index >= 15 is 0 Å². The molecular formula is C13H13BrClN3O. The Bertz CT molecular complexity index is 619. The van der Waals surface area contributed by atoms with Crippen LogP contribution >= 0.6 is 27.5 Å². The first-order chi connectivity index (χ1) is 9.02. The van der Waals surface area contributed by atoms with Gasteiger partial charge in [0.2, 0.25) is 5.88 Å². The molecule has 1 aromatic carbocycles. The van der Waals surface area contributed by atoms with Crippen LogP contribution in [0, 0.1) is 13.8 Å². The zero-order valence-corrected chi connectivity index (χ0v) is 12.9. The zero-order chi connectivity index (χ0) is 14.0. The molecular weight excluding hydrogens is 330 g/mol. The number of aromatic nitrogens is 2. The Morgan fingerprint density at radius 3 is 2.68 bits per heavy atom. The van der Waals surface area contributed by atoms with Crippen LogP contribution in [0.3, 0.4) is 0 Å². The van der Waals surface area contributed by atoms with Gasteiger partial charge in [0.25, 0.3) is 0 Å². The maximum Gasteiger partial charge on any atom is 0.243 e. The van der Waals surface area contributed by atoms with Crippen molar-refractivity contribution in [3.8, 4) is 11.6 Å². The van der Waals surface area contributed by atoms with E-state index in [2.05, 4.69) is 26.1 Å². The number of nitrogens with zero attached hydrogens (tertiary/aromatic N) is 2. The van der Waals surface area contributed by atoms with Gasteiger partial charge >= 0.3 is 0 Å². The van der Waals surface area contributed by atoms with Crippen LogP contribution in [-0.4, -0.2) is 10.2 Å². The molecule has 1 aromatic heterocycles. The first kappa shape index (κ1) is 14.2. The van der Waals surface area contributed by atoms with Gasteiger partial charge in [0, 0.05) is 17.1 Å². The molecule has 0 aliphatic carbocycles. The first-order valence-corrected chi connectivity index (χ1v) is 6.85. The minimum absolute atomic E-state index is 0.350. The number of rotatable bonds is 3. The smallest absolute Gasteiger partial charge is 0.243 e. The van der Waals surface area contributed by atoms with Crippen LogP contribution in [0.4, 0.5) is 0 Å². The SMILES string of the molecule is Cc1nnc(Oc2ccc(Cl)cc2Br)c(CN)c1C. The molecule has 2 rings (SSSR count). The molecule has 4 nitrogen and oxygen atoms in total. The molecule has 0 aliphatic rings. The highest BCUT2D eigenvalue weighted by atomic mass is 79.9. The highest BCUT2D eigenvalue weighted by molar-refractivity contribution is 9.10. The first-order valence-electron chi connectivity index (χ1n) is 5.68. The van der Waals surface area contributed by atoms with Gasteiger partial charge in [0.05, 0.1) is 10.2 Å². The summed E-state index contributed by atoms with van der Waals surface area (Å²) in [7, 11) is 0. The molecule has 0 atom stereocenters. The molecule has 19 heavy (non-hydrogen) atoms. The molecule has 2 aromatic rings. The molecule has 0 radical (unpaired) electrons. The van der Waals surface area contributed by atoms with Crippen molar-refractivity contribution in [2.24, 2.45) is 5.73 Å². The van der Waals surface area contributed by atoms with Crippen molar-refractivity contribution in [3.05, 3.63) is 44.5 Å². The number of hydrogen-bond donors (Lipinski definition) is 1. The molecule has 0 fully saturated rings. The Labute approximate surface area is 125 Å². The lowest BCUT2D eigenvalue weighted by molar-refractivity contribution is 0.444. The molecule has 6 heteroatoms. The van der Waals surface area contributed by atoms with E-state index in [1.807, 2.05) is 13.8 Å². The Morgan fingerprint density at radius 2 is 2.05 bits per heavy atom. The second kappa shape index (κ2) is 5.86. The highest BCUT2D eigenvalue weighted by Gasteiger charge is 2.13. The van der Waals surface area contributed by atoms with Gasteiger partial charge in [-0.1, -0.05) is 11.6 Å². The maximum atomic E-state index is 5.89. The predicted molar refractivity (Wildman–Crippen MR) is 78.6 cm³/mol. The van der Waals surface area contributed by atoms with Crippen LogP contribution in [0.1, 0.15) is 16.8 Å². The molecule has 0 saturated heterocycles. The number of ether oxygens (including phenoxy) is 1. The lowest BCUT2D eigenvalue weighted by atomic mass is 10.1. The molecule has 0 saturated carbocycles. The fraction of sp³-hybridized carbons (Fsp3) is 0.231. The van der Waals surface area contributed by atoms with Crippen molar-refractivity contribution in [1.82, 2.24) is 10.2 Å². The lowest BCUT2D eigenvalue weighted by Gasteiger charge is -2.12. The van der Waals surface area contributed by atoms with Gasteiger partial charge in [-0.3, -0.25) is 0 Å². The summed E-state index contributed by atoms with van der Waals surface area (Å²) in [6.45, 7) is 4.20. The molecule has 0 bridgehead atoms. The van der Waals surface area contributed by atoms with Crippen molar-refractivity contribution >= 4 is 27.5 Å². The van der Waals surface area contributed by atoms with E-state index in [1.165, 1.54) is 0 Å². The average molecular weight is 343 g/mol. The molecule has 2 N–H and O–H groups in total. The van der Waals surface area contributed by atoms with E-state index in [0.29, 0.717) is 23.2 Å². The van der Waals surface area contributed by atoms with Gasteiger partial charge in [0.1, 0.15) is 5.75 Å². The van der Waals surface area contributed by atoms with Crippen LogP contribution in [0.25, 0.3) is 0 Å². The number of benzene rings is 1. The maximum absolute atomic E-state index is 5.89. The summed E-state index contributed by atoms with van der Waals surface area (Å²) in [6.07, 6.45) is 0. The van der Waals surface area contributed by atoms with Gasteiger partial charge in [-0.05, 0) is 53.5 Å². The zero-order valence-electron chi connectivity index (χ0n) is 10.6. The van der Waals surface area contributed by atoms with Crippen LogP contribution < -0.4 is 10.5 Å². The van der Waals surface area contributed by atoms with Gasteiger partial charge in [-0.2, -0.15) is 5.10 Å². The van der Waals surface area contributed by atoms with E-state index < -0.39 is 0 Å². The van der Waals surface area contributed by atoms with E-state index in [-0.39, 0.29) is 0 Å². The van der Waals surface area contributed by atoms with Crippen LogP contribution in [0.5, 0.6) is 11.6 Å². The van der Waals surface area contributed by atoms with E-state index in [9.17, 15) is 0 Å². The molecule has 0 unspecified atom stereocenters. The highest BCUT2D eigenvalue weighted by Crippen LogP contribution is 2.33. The fourth-order valence-electron chi connectivity index (χ4n) is 1.62. The van der Waals surface area contributed by atoms with Gasteiger partial charge in [0.15, 0.2) is 0 Å². The second-order valence-electron chi connectivity index (χ2n) is 4.08. The molecule has 1 heterocycles. The largest absolute Gasteiger partial charge is 0.436 e. The molecule has 100 valence electrons. The van der Waals surface area contributed by atoms with Gasteiger partial charge in [-0.15, -0.1) is 5.10 Å². The summed E-state index contributed by atoms with van der Waals surface area (Å²) in [5, 5.41) is 8.75. The number of halogens is 2. The molecule has 0 aliphatic heterocycles. The number of hydrogen-bond acceptors (Lipinski definition) is 4. The quantitative estimate of drug-likeness (QED) is 0.922. The summed E-state index contributed by atoms with van der Waals surface area (Å²) in [4.78, 5) is 0. The minimum atomic E-state index is 0.350. The van der Waals surface area contributed by atoms with E-state index in [1.54, 1.807) is 18.2 Å². The van der Waals surface area contributed by atoms with Crippen molar-refractivity contribution < 1.29 is 4.74 Å². The minimum Gasteiger partial charge on any atom is -0.436 e. The third-order valence-electron chi connectivity index (χ3n) is 2.85. The van der Waals surface area contributed by atoms with Gasteiger partial charge < -0.3 is 10.5 Å². The van der Waals surface area contributed by atoms with E-state index in [0.717, 1.165) is 21.3 Å². The summed E-state index contributed by atoms with van der Waals surface area (Å²) in [5.41, 5.74) is 8.46. The number of nitrogens with two attached hydrogens (primary N) is 1. The topological polar surface area (TPSA) is 61.0 Å². The monoisotopic (exact) mass is 341 g/mol. The normalized spacial score (nSPS) is 10.6. The average Bonchev–Trinajstić information content (AvgIpc) is 2.37. The van der Waals surface area contributed by atoms with Crippen LogP contribution in [0.15, 0.2) is 22.7 Å². The Hall–Kier alpha value is -1.17. The predicted octanol–water partition coefficient (Wildman–Crippen LogP) is 3.76. The molecule has 0 amide bonds. The van der Waals surface area contributed by atoms with Crippen molar-refractivity contribution in [2.45, 2.75) is 20.4 Å². The summed E-state index contributed by atoms with van der Waals surface area (Å²) >= 11 is 9.29. The van der Waals surface area contributed by atoms with Crippen LogP contribution in [-0.2, 0) is 6.54 Å². The fourth-order valence-corrected chi connectivity index (χ4v) is 2.38. The summed E-state index contributed by atoms with van der Waals surface area (Å²) < 4.78 is 6.52. The van der Waals surface area contributed by atoms with Crippen molar-refractivity contribution in [1.29, 1.82) is 0 Å². The lowest BCUT2D eigenvalue weighted by Crippen LogP contribution is -2.07. The van der Waals surface area contributed by atoms with E-state index in [4.69, 9.17) is 22.1 Å². The standard InChI is InChI=1S/C13H13BrClN3O/c1-7-8(2)17-18-13(10(7)6-16)19-12-4-3-9(15)5-11(12)14/h3-5H,6,16H2,1-2H3. The summed E-state index contributed by atoms with van der Waals surface area (Å²) in [5.74, 6) is 1.05. The Morgan fingerprint density at radius 1 is 1.32 bits per heavy atom. The van der Waals surface area contributed by atoms with Crippen LogP contribution in [0.2, 0.25) is 5.02 Å². The van der Waals surface area contributed by atoms with Crippen molar-refractivity contribution in [2.75, 3.05) is 0 Å². The second-order valence-corrected chi connectivity index (χ2v) is 5.37.